The van der Waals surface area contributed by atoms with Crippen molar-refractivity contribution in [1.82, 2.24) is 9.88 Å². The lowest BCUT2D eigenvalue weighted by molar-refractivity contribution is 0.0600. The van der Waals surface area contributed by atoms with E-state index in [0.717, 1.165) is 25.9 Å². The number of nitrogens with zero attached hydrogens (tertiary/aromatic N) is 1. The molecule has 1 aromatic carbocycles. The van der Waals surface area contributed by atoms with Crippen LogP contribution >= 0.6 is 12.4 Å². The molecule has 0 saturated carbocycles. The number of rotatable bonds is 5. The number of anilines is 1. The first-order chi connectivity index (χ1) is 13.9. The van der Waals surface area contributed by atoms with Gasteiger partial charge in [0.15, 0.2) is 0 Å². The van der Waals surface area contributed by atoms with E-state index in [2.05, 4.69) is 10.6 Å². The molecule has 8 heteroatoms. The lowest BCUT2D eigenvalue weighted by Crippen LogP contribution is -2.36. The molecule has 30 heavy (non-hydrogen) atoms. The minimum atomic E-state index is -0.447. The third kappa shape index (κ3) is 5.29. The highest BCUT2D eigenvalue weighted by Crippen LogP contribution is 2.19. The number of ether oxygens (including phenoxy) is 1. The summed E-state index contributed by atoms with van der Waals surface area (Å²) in [6.07, 6.45) is 3.93. The van der Waals surface area contributed by atoms with Gasteiger partial charge >= 0.3 is 5.97 Å². The third-order valence-corrected chi connectivity index (χ3v) is 5.35. The summed E-state index contributed by atoms with van der Waals surface area (Å²) in [4.78, 5) is 37.5. The summed E-state index contributed by atoms with van der Waals surface area (Å²) in [5.74, 6) is -0.504. The minimum Gasteiger partial charge on any atom is -0.465 e. The molecule has 2 N–H and O–H groups in total. The molecule has 0 bridgehead atoms. The van der Waals surface area contributed by atoms with Gasteiger partial charge in [0, 0.05) is 18.4 Å². The highest BCUT2D eigenvalue weighted by molar-refractivity contribution is 6.05. The zero-order valence-electron chi connectivity index (χ0n) is 17.5. The molecular weight excluding hydrogens is 406 g/mol. The number of aryl methyl sites for hydroxylation is 2. The second-order valence-corrected chi connectivity index (χ2v) is 7.52. The molecule has 1 fully saturated rings. The summed E-state index contributed by atoms with van der Waals surface area (Å²) < 4.78 is 6.35. The summed E-state index contributed by atoms with van der Waals surface area (Å²) in [7, 11) is 1.32. The zero-order valence-corrected chi connectivity index (χ0v) is 18.3. The largest absolute Gasteiger partial charge is 0.465 e. The van der Waals surface area contributed by atoms with Crippen LogP contribution in [0.3, 0.4) is 0 Å². The topological polar surface area (TPSA) is 89.4 Å². The van der Waals surface area contributed by atoms with Crippen LogP contribution in [0.1, 0.15) is 44.7 Å². The fourth-order valence-electron chi connectivity index (χ4n) is 3.68. The minimum absolute atomic E-state index is 0. The second-order valence-electron chi connectivity index (χ2n) is 7.52. The lowest BCUT2D eigenvalue weighted by Gasteiger charge is -2.23. The third-order valence-electron chi connectivity index (χ3n) is 5.35. The van der Waals surface area contributed by atoms with E-state index in [4.69, 9.17) is 4.74 Å². The van der Waals surface area contributed by atoms with Crippen LogP contribution in [-0.4, -0.2) is 36.6 Å². The Kier molecular flexibility index (Phi) is 8.20. The van der Waals surface area contributed by atoms with Crippen molar-refractivity contribution in [2.45, 2.75) is 33.2 Å². The number of piperidine rings is 1. The monoisotopic (exact) mass is 433 g/mol. The van der Waals surface area contributed by atoms with Crippen LogP contribution in [0.2, 0.25) is 0 Å². The predicted octanol–water partition coefficient (Wildman–Crippen LogP) is 2.93. The van der Waals surface area contributed by atoms with Crippen LogP contribution in [-0.2, 0) is 11.3 Å². The van der Waals surface area contributed by atoms with Crippen LogP contribution < -0.4 is 16.2 Å². The summed E-state index contributed by atoms with van der Waals surface area (Å²) in [5.41, 5.74) is 2.16. The number of amides is 1. The molecule has 1 aliphatic rings. The Balaban J connectivity index is 0.00000320. The molecular formula is C22H28ClN3O4. The maximum absolute atomic E-state index is 13.0. The molecule has 1 aromatic heterocycles. The van der Waals surface area contributed by atoms with Crippen molar-refractivity contribution in [3.8, 4) is 0 Å². The van der Waals surface area contributed by atoms with Gasteiger partial charge < -0.3 is 19.9 Å². The molecule has 2 heterocycles. The van der Waals surface area contributed by atoms with Crippen LogP contribution in [0.15, 0.2) is 35.3 Å². The van der Waals surface area contributed by atoms with Crippen LogP contribution in [0.4, 0.5) is 5.69 Å². The van der Waals surface area contributed by atoms with Crippen molar-refractivity contribution in [2.24, 2.45) is 5.92 Å². The number of nitrogens with one attached hydrogen (secondary N) is 2. The highest BCUT2D eigenvalue weighted by atomic mass is 35.5. The number of aromatic nitrogens is 1. The number of halogens is 1. The Morgan fingerprint density at radius 1 is 1.23 bits per heavy atom. The van der Waals surface area contributed by atoms with E-state index in [1.54, 1.807) is 48.9 Å². The van der Waals surface area contributed by atoms with Gasteiger partial charge in [-0.1, -0.05) is 0 Å². The number of carbonyl (C=O) groups is 2. The van der Waals surface area contributed by atoms with Crippen LogP contribution in [0.5, 0.6) is 0 Å². The fourth-order valence-corrected chi connectivity index (χ4v) is 3.68. The number of pyridine rings is 1. The van der Waals surface area contributed by atoms with E-state index < -0.39 is 11.9 Å². The zero-order chi connectivity index (χ0) is 21.0. The summed E-state index contributed by atoms with van der Waals surface area (Å²) in [5, 5.41) is 6.16. The average Bonchev–Trinajstić information content (AvgIpc) is 2.72. The van der Waals surface area contributed by atoms with E-state index in [1.165, 1.54) is 7.11 Å². The van der Waals surface area contributed by atoms with E-state index in [-0.39, 0.29) is 23.5 Å². The normalized spacial score (nSPS) is 15.8. The molecule has 1 amide bonds. The van der Waals surface area contributed by atoms with Crippen molar-refractivity contribution in [1.29, 1.82) is 0 Å². The number of methoxy groups -OCH3 is 1. The molecule has 3 rings (SSSR count). The van der Waals surface area contributed by atoms with Crippen molar-refractivity contribution in [3.05, 3.63) is 63.1 Å². The first-order valence-corrected chi connectivity index (χ1v) is 9.81. The van der Waals surface area contributed by atoms with Crippen molar-refractivity contribution in [2.75, 3.05) is 25.5 Å². The Hall–Kier alpha value is -2.64. The molecule has 0 aliphatic carbocycles. The van der Waals surface area contributed by atoms with Gasteiger partial charge in [-0.25, -0.2) is 4.79 Å². The Morgan fingerprint density at radius 2 is 2.00 bits per heavy atom. The molecule has 1 saturated heterocycles. The average molecular weight is 434 g/mol. The molecule has 0 spiro atoms. The van der Waals surface area contributed by atoms with Crippen molar-refractivity contribution >= 4 is 30.0 Å². The Labute approximate surface area is 182 Å². The Morgan fingerprint density at radius 3 is 2.63 bits per heavy atom. The molecule has 7 nitrogen and oxygen atoms in total. The van der Waals surface area contributed by atoms with Gasteiger partial charge in [0.25, 0.3) is 11.5 Å². The van der Waals surface area contributed by atoms with Gasteiger partial charge in [0.2, 0.25) is 0 Å². The van der Waals surface area contributed by atoms with Crippen LogP contribution in [0.25, 0.3) is 0 Å². The molecule has 162 valence electrons. The Bertz CT molecular complexity index is 981. The van der Waals surface area contributed by atoms with E-state index in [9.17, 15) is 14.4 Å². The summed E-state index contributed by atoms with van der Waals surface area (Å²) >= 11 is 0. The van der Waals surface area contributed by atoms with E-state index >= 15 is 0 Å². The molecule has 0 radical (unpaired) electrons. The van der Waals surface area contributed by atoms with Gasteiger partial charge in [-0.15, -0.1) is 12.4 Å². The van der Waals surface area contributed by atoms with Gasteiger partial charge in [0.05, 0.1) is 12.7 Å². The maximum atomic E-state index is 13.0. The first kappa shape index (κ1) is 23.6. The van der Waals surface area contributed by atoms with E-state index in [1.807, 2.05) is 0 Å². The molecule has 1 unspecified atom stereocenters. The number of benzene rings is 1. The summed E-state index contributed by atoms with van der Waals surface area (Å²) in [6.45, 7) is 6.04. The maximum Gasteiger partial charge on any atom is 0.337 e. The van der Waals surface area contributed by atoms with Crippen LogP contribution in [0, 0.1) is 19.8 Å². The van der Waals surface area contributed by atoms with Gasteiger partial charge in [-0.05, 0) is 81.1 Å². The molecule has 1 atom stereocenters. The first-order valence-electron chi connectivity index (χ1n) is 9.81. The number of hydrogen-bond acceptors (Lipinski definition) is 5. The standard InChI is InChI=1S/C22H27N3O4.ClH/c1-14-8-10-25(13-16-5-4-9-23-12-16)21(27)19(14)20(26)24-18-7-6-17(11-15(18)2)22(28)29-3;/h6-8,10-11,16,23H,4-5,9,12-13H2,1-3H3,(H,24,26);1H. The number of hydrogen-bond donors (Lipinski definition) is 2. The quantitative estimate of drug-likeness (QED) is 0.707. The van der Waals surface area contributed by atoms with Gasteiger partial charge in [-0.2, -0.15) is 0 Å². The van der Waals surface area contributed by atoms with Crippen molar-refractivity contribution < 1.29 is 14.3 Å². The van der Waals surface area contributed by atoms with E-state index in [0.29, 0.717) is 34.8 Å². The summed E-state index contributed by atoms with van der Waals surface area (Å²) in [6, 6.07) is 6.68. The second kappa shape index (κ2) is 10.4. The van der Waals surface area contributed by atoms with Gasteiger partial charge in [0.1, 0.15) is 5.56 Å². The predicted molar refractivity (Wildman–Crippen MR) is 119 cm³/mol. The molecule has 1 aliphatic heterocycles. The SMILES string of the molecule is COC(=O)c1ccc(NC(=O)c2c(C)ccn(CC3CCCNC3)c2=O)c(C)c1.Cl. The smallest absolute Gasteiger partial charge is 0.337 e. The lowest BCUT2D eigenvalue weighted by atomic mass is 9.99. The molecule has 2 aromatic rings. The van der Waals surface area contributed by atoms with Gasteiger partial charge in [-0.3, -0.25) is 9.59 Å². The number of esters is 1. The number of carbonyl (C=O) groups excluding carboxylic acids is 2. The highest BCUT2D eigenvalue weighted by Gasteiger charge is 2.20. The van der Waals surface area contributed by atoms with Crippen molar-refractivity contribution in [3.63, 3.8) is 0 Å². The fraction of sp³-hybridized carbons (Fsp3) is 0.409.